The zero-order valence-corrected chi connectivity index (χ0v) is 99.7. The van der Waals surface area contributed by atoms with Gasteiger partial charge in [-0.15, -0.1) is 0 Å². The van der Waals surface area contributed by atoms with Crippen LogP contribution in [0.3, 0.4) is 0 Å². The van der Waals surface area contributed by atoms with Crippen LogP contribution in [0.5, 0.6) is 0 Å². The first-order valence-corrected chi connectivity index (χ1v) is 68.1. The number of hydrogen-bond acceptors (Lipinski definition) is 20. The van der Waals surface area contributed by atoms with Crippen LogP contribution in [-0.4, -0.2) is 243 Å². The normalized spacial score (nSPS) is 23.2. The standard InChI is InChI=1S/C8H16.C7H14.C7H12.C6H13N.C6H11N.C6H12O.C6H12S.2C6H12.C6H10.2C5H10.2C5H8.C4H9NO.C4H9NS.2C4H9N.2C4H7N.C4H8O2.C4H8S2.C4H8.C3H7NO.C3H6O2/c1-2-4-6-8-7-5-3-1;6*1-2-4-6-7-5-3-1;3*1-2-4-6-5-3-1;4*1-2-4-5-3-1;2*1-3-6-4-2-5-1;4*1-2-4-5-3-1;2*1-2-6-4-3-5-1;1-2-4-3-1;2*1-2-5-3-4-1/h1-8H2;1-7H2;1-2H,3-7H2;7H,1-6H2;1-2,7H,3-6H2;2*1-6H2;2*1-6H2;1-2H,3-6H2;2*1-5H2;2*1-2H,3-5H2;2*5H,1-4H2;2*5H,1-4H2;2*3H,1-2,4H2;2*1-4H2;1-4H2;4H,1-3H2;1-3H2. The zero-order valence-electron chi connectivity index (χ0n) is 96.4. The molecule has 7 N–H and O–H groups in total. The quantitative estimate of drug-likeness (QED) is 0.0901. The number of thioether (sulfide) groups is 4. The van der Waals surface area contributed by atoms with Gasteiger partial charge in [0.2, 0.25) is 0 Å². The van der Waals surface area contributed by atoms with Gasteiger partial charge in [-0.1, -0.05) is 369 Å². The number of hydrogen-bond donors (Lipinski definition) is 7. The van der Waals surface area contributed by atoms with Crippen LogP contribution in [-0.2, 0) is 33.2 Å². The van der Waals surface area contributed by atoms with Gasteiger partial charge in [0, 0.05) is 93.5 Å². The Kier molecular flexibility index (Phi) is 137. The first-order chi connectivity index (χ1) is 73.0. The van der Waals surface area contributed by atoms with Crippen molar-refractivity contribution in [2.75, 3.05) is 230 Å². The monoisotopic (exact) mass is 2130 g/mol. The summed E-state index contributed by atoms with van der Waals surface area (Å²) in [5.41, 5.74) is 0. The number of morpholine rings is 1. The van der Waals surface area contributed by atoms with E-state index in [4.69, 9.17) is 33.2 Å². The molecule has 11 saturated heterocycles. The molecule has 862 valence electrons. The number of aliphatic imine (C=N–C) groups is 2. The topological polar surface area (TPSA) is 174 Å². The molecule has 7 saturated carbocycles. The molecule has 25 rings (SSSR count). The van der Waals surface area contributed by atoms with Crippen molar-refractivity contribution in [2.45, 2.75) is 501 Å². The molecule has 18 fully saturated rings. The summed E-state index contributed by atoms with van der Waals surface area (Å²) in [4.78, 5) is 7.92. The van der Waals surface area contributed by atoms with Crippen molar-refractivity contribution in [1.29, 1.82) is 0 Å². The van der Waals surface area contributed by atoms with Crippen LogP contribution < -0.4 is 37.2 Å². The fraction of sp³-hybridized carbons (Fsp3) is 0.905. The molecule has 14 aliphatic heterocycles. The molecule has 0 atom stereocenters. The molecule has 25 aliphatic rings. The van der Waals surface area contributed by atoms with Crippen LogP contribution in [0.2, 0.25) is 0 Å². The summed E-state index contributed by atoms with van der Waals surface area (Å²) in [7, 11) is 0. The van der Waals surface area contributed by atoms with Crippen LogP contribution in [0.25, 0.3) is 0 Å². The number of nitrogens with one attached hydrogen (secondary N) is 7. The van der Waals surface area contributed by atoms with Crippen molar-refractivity contribution < 1.29 is 33.2 Å². The third kappa shape index (κ3) is 137. The lowest BCUT2D eigenvalue weighted by atomic mass is 10.0. The third-order valence-corrected chi connectivity index (χ3v) is 32.3. The number of rotatable bonds is 0. The van der Waals surface area contributed by atoms with Gasteiger partial charge in [-0.25, -0.2) is 0 Å². The summed E-state index contributed by atoms with van der Waals surface area (Å²) < 4.78 is 34.4. The minimum absolute atomic E-state index is 0.500. The smallest absolute Gasteiger partial charge is 0.146 e. The number of allylic oxidation sites excluding steroid dienone is 8. The van der Waals surface area contributed by atoms with Crippen molar-refractivity contribution >= 4 is 59.5 Å². The number of nitrogens with zero attached hydrogens (tertiary/aromatic N) is 2. The second-order valence-electron chi connectivity index (χ2n) is 41.7. The Bertz CT molecular complexity index is 1920. The molecule has 16 nitrogen and oxygen atoms in total. The molecule has 0 unspecified atom stereocenters. The van der Waals surface area contributed by atoms with E-state index in [1.807, 2.05) is 24.2 Å². The lowest BCUT2D eigenvalue weighted by Crippen LogP contribution is -2.30. The van der Waals surface area contributed by atoms with Gasteiger partial charge in [-0.2, -0.15) is 47.0 Å². The summed E-state index contributed by atoms with van der Waals surface area (Å²) in [6, 6.07) is 0. The zero-order chi connectivity index (χ0) is 103. The van der Waals surface area contributed by atoms with E-state index < -0.39 is 0 Å². The van der Waals surface area contributed by atoms with Gasteiger partial charge in [0.25, 0.3) is 0 Å². The van der Waals surface area contributed by atoms with E-state index in [1.165, 1.54) is 599 Å². The molecule has 14 heterocycles. The van der Waals surface area contributed by atoms with Crippen molar-refractivity contribution in [3.05, 3.63) is 60.8 Å². The largest absolute Gasteiger partial charge is 0.381 e. The molecule has 146 heavy (non-hydrogen) atoms. The average Bonchev–Trinajstić information content (AvgIpc) is 2.05. The van der Waals surface area contributed by atoms with Crippen LogP contribution in [0.15, 0.2) is 70.7 Å². The molecule has 20 heteroatoms. The van der Waals surface area contributed by atoms with E-state index in [-0.39, 0.29) is 0 Å². The highest BCUT2D eigenvalue weighted by Crippen LogP contribution is 2.22. The lowest BCUT2D eigenvalue weighted by Gasteiger charge is -2.10. The van der Waals surface area contributed by atoms with E-state index in [0.717, 1.165) is 125 Å². The van der Waals surface area contributed by atoms with Crippen molar-refractivity contribution in [3.63, 3.8) is 0 Å². The second kappa shape index (κ2) is 140. The number of ether oxygens (including phenoxy) is 7. The Morgan fingerprint density at radius 2 is 0.356 bits per heavy atom. The Morgan fingerprint density at radius 1 is 0.137 bits per heavy atom. The molecule has 0 radical (unpaired) electrons. The summed E-state index contributed by atoms with van der Waals surface area (Å²) in [6.07, 6.45) is 138. The van der Waals surface area contributed by atoms with E-state index in [1.54, 1.807) is 0 Å². The third-order valence-electron chi connectivity index (χ3n) is 27.6. The molecule has 0 aromatic heterocycles. The average molecular weight is 2130 g/mol. The molecule has 0 aromatic rings. The van der Waals surface area contributed by atoms with Crippen LogP contribution in [0, 0.1) is 0 Å². The molecular weight excluding hydrogens is 1880 g/mol. The fourth-order valence-electron chi connectivity index (χ4n) is 17.8. The highest BCUT2D eigenvalue weighted by molar-refractivity contribution is 8.06. The lowest BCUT2D eigenvalue weighted by molar-refractivity contribution is -0.0334. The minimum atomic E-state index is 0.500. The SMILES string of the molecule is C1=CCCC1.C1=CCCC1.C1=CCCCC1.C1=CCCCCC1.C1=CCCNCC1.C1=NCCC1.C1=NCCC1.C1CCC1.C1CCCC1.C1CCCC1.C1CCCCC1.C1CCCCC1.C1CCCCCC1.C1CCCCCCC1.C1CCCNCC1.C1CCCOCC1.C1CCCSCC1.C1CCNC1.C1CCNC1.C1COCCN1.C1COCCO1.C1COCN1.C1COCO1.C1CSCCN1.C1CSCCS1. The molecular formula is C126H247N9O7S4. The molecule has 11 aliphatic carbocycles. The molecule has 0 aromatic carbocycles. The van der Waals surface area contributed by atoms with Gasteiger partial charge >= 0.3 is 0 Å². The first-order valence-electron chi connectivity index (χ1n) is 63.5. The summed E-state index contributed by atoms with van der Waals surface area (Å²) in [6.45, 7) is 28.1. The summed E-state index contributed by atoms with van der Waals surface area (Å²) >= 11 is 8.30. The highest BCUT2D eigenvalue weighted by atomic mass is 32.2. The van der Waals surface area contributed by atoms with Crippen LogP contribution >= 0.6 is 47.0 Å². The van der Waals surface area contributed by atoms with Crippen molar-refractivity contribution in [2.24, 2.45) is 9.98 Å². The van der Waals surface area contributed by atoms with E-state index in [2.05, 4.69) is 143 Å². The van der Waals surface area contributed by atoms with E-state index in [9.17, 15) is 0 Å². The minimum Gasteiger partial charge on any atom is -0.381 e. The van der Waals surface area contributed by atoms with E-state index in [0.29, 0.717) is 6.79 Å². The van der Waals surface area contributed by atoms with Gasteiger partial charge in [0.05, 0.1) is 66.2 Å². The van der Waals surface area contributed by atoms with Gasteiger partial charge in [-0.05, 0) is 269 Å². The summed E-state index contributed by atoms with van der Waals surface area (Å²) in [5.74, 6) is 11.0. The Labute approximate surface area is 925 Å². The van der Waals surface area contributed by atoms with Gasteiger partial charge in [0.15, 0.2) is 0 Å². The molecule has 0 amide bonds. The molecule has 0 bridgehead atoms. The highest BCUT2D eigenvalue weighted by Gasteiger charge is 2.07. The van der Waals surface area contributed by atoms with Gasteiger partial charge in [0.1, 0.15) is 6.79 Å². The van der Waals surface area contributed by atoms with Crippen molar-refractivity contribution in [3.8, 4) is 0 Å². The Morgan fingerprint density at radius 3 is 0.562 bits per heavy atom. The fourth-order valence-corrected chi connectivity index (χ4v) is 21.9. The van der Waals surface area contributed by atoms with Crippen molar-refractivity contribution in [1.82, 2.24) is 37.2 Å². The maximum Gasteiger partial charge on any atom is 0.146 e. The maximum absolute atomic E-state index is 5.19. The predicted molar refractivity (Wildman–Crippen MR) is 658 cm³/mol. The maximum atomic E-state index is 5.19. The Balaban J connectivity index is 0.000000761. The molecule has 0 spiro atoms. The Hall–Kier alpha value is -1.12. The van der Waals surface area contributed by atoms with E-state index >= 15 is 0 Å². The predicted octanol–water partition coefficient (Wildman–Crippen LogP) is 33.4. The summed E-state index contributed by atoms with van der Waals surface area (Å²) in [5, 5.41) is 22.5. The van der Waals surface area contributed by atoms with Crippen LogP contribution in [0.1, 0.15) is 501 Å². The second-order valence-corrected chi connectivity index (χ2v) is 46.6. The van der Waals surface area contributed by atoms with Gasteiger partial charge < -0.3 is 65.1 Å². The first kappa shape index (κ1) is 143. The van der Waals surface area contributed by atoms with Crippen LogP contribution in [0.4, 0.5) is 0 Å². The van der Waals surface area contributed by atoms with Gasteiger partial charge in [-0.3, -0.25) is 15.3 Å².